The molecule has 5 nitrogen and oxygen atoms in total. The summed E-state index contributed by atoms with van der Waals surface area (Å²) in [5.74, 6) is -1.41. The quantitative estimate of drug-likeness (QED) is 0.486. The Morgan fingerprint density at radius 3 is 1.69 bits per heavy atom. The smallest absolute Gasteiger partial charge is 0.342 e. The summed E-state index contributed by atoms with van der Waals surface area (Å²) in [4.78, 5) is 22.8. The molecule has 0 atom stereocenters. The van der Waals surface area contributed by atoms with E-state index >= 15 is 0 Å². The van der Waals surface area contributed by atoms with E-state index in [1.807, 2.05) is 20.8 Å². The summed E-state index contributed by atoms with van der Waals surface area (Å²) in [6, 6.07) is 0. The maximum atomic E-state index is 10.4. The standard InChI is InChI=1S/C6H12O3.C2H4O2/c1-6(2,3)4-5(7)9-8;1-2(3)4/h8H,4H2,1-3H3;1H3,(H,3,4). The van der Waals surface area contributed by atoms with E-state index < -0.39 is 11.9 Å². The van der Waals surface area contributed by atoms with Gasteiger partial charge < -0.3 is 9.99 Å². The minimum Gasteiger partial charge on any atom is -0.481 e. The molecular formula is C8H16O5. The summed E-state index contributed by atoms with van der Waals surface area (Å²) in [5, 5.41) is 15.3. The van der Waals surface area contributed by atoms with Crippen molar-refractivity contribution in [1.82, 2.24) is 0 Å². The average Bonchev–Trinajstić information content (AvgIpc) is 1.82. The van der Waals surface area contributed by atoms with Crippen LogP contribution in [0.5, 0.6) is 0 Å². The van der Waals surface area contributed by atoms with Gasteiger partial charge in [-0.3, -0.25) is 4.79 Å². The van der Waals surface area contributed by atoms with Gasteiger partial charge in [-0.15, -0.1) is 0 Å². The van der Waals surface area contributed by atoms with Crippen molar-refractivity contribution in [2.24, 2.45) is 5.41 Å². The molecule has 0 bridgehead atoms. The van der Waals surface area contributed by atoms with Gasteiger partial charge >= 0.3 is 5.97 Å². The molecule has 2 N–H and O–H groups in total. The van der Waals surface area contributed by atoms with Crippen molar-refractivity contribution in [2.45, 2.75) is 34.1 Å². The van der Waals surface area contributed by atoms with Crippen molar-refractivity contribution >= 4 is 11.9 Å². The molecule has 0 saturated heterocycles. The van der Waals surface area contributed by atoms with Crippen molar-refractivity contribution < 1.29 is 24.8 Å². The summed E-state index contributed by atoms with van der Waals surface area (Å²) < 4.78 is 0. The summed E-state index contributed by atoms with van der Waals surface area (Å²) in [6.45, 7) is 6.76. The molecule has 0 amide bonds. The zero-order valence-corrected chi connectivity index (χ0v) is 8.33. The maximum Gasteiger partial charge on any atom is 0.342 e. The molecule has 0 aromatic heterocycles. The van der Waals surface area contributed by atoms with Gasteiger partial charge in [-0.2, -0.15) is 5.26 Å². The van der Waals surface area contributed by atoms with Gasteiger partial charge in [0.2, 0.25) is 0 Å². The van der Waals surface area contributed by atoms with E-state index in [1.54, 1.807) is 0 Å². The Bertz CT molecular complexity index is 164. The first-order chi connectivity index (χ1) is 5.69. The monoisotopic (exact) mass is 192 g/mol. The Labute approximate surface area is 77.3 Å². The van der Waals surface area contributed by atoms with Crippen LogP contribution in [0.1, 0.15) is 34.1 Å². The first-order valence-corrected chi connectivity index (χ1v) is 3.73. The van der Waals surface area contributed by atoms with E-state index in [4.69, 9.17) is 15.2 Å². The first-order valence-electron chi connectivity index (χ1n) is 3.73. The van der Waals surface area contributed by atoms with Gasteiger partial charge in [-0.05, 0) is 5.41 Å². The maximum absolute atomic E-state index is 10.4. The van der Waals surface area contributed by atoms with Gasteiger partial charge in [0.1, 0.15) is 0 Å². The molecule has 0 heterocycles. The van der Waals surface area contributed by atoms with Gasteiger partial charge in [-0.1, -0.05) is 20.8 Å². The fraction of sp³-hybridized carbons (Fsp3) is 0.750. The van der Waals surface area contributed by atoms with Gasteiger partial charge in [0, 0.05) is 6.92 Å². The van der Waals surface area contributed by atoms with Crippen molar-refractivity contribution in [3.8, 4) is 0 Å². The van der Waals surface area contributed by atoms with Crippen LogP contribution < -0.4 is 0 Å². The second-order valence-corrected chi connectivity index (χ2v) is 3.72. The first kappa shape index (κ1) is 14.4. The molecule has 0 aromatic carbocycles. The van der Waals surface area contributed by atoms with E-state index in [0.717, 1.165) is 6.92 Å². The van der Waals surface area contributed by atoms with Gasteiger partial charge in [0.15, 0.2) is 0 Å². The lowest BCUT2D eigenvalue weighted by Crippen LogP contribution is -2.13. The normalized spacial score (nSPS) is 9.62. The lowest BCUT2D eigenvalue weighted by molar-refractivity contribution is -0.236. The number of carbonyl (C=O) groups excluding carboxylic acids is 1. The van der Waals surface area contributed by atoms with Crippen LogP contribution in [0.15, 0.2) is 0 Å². The van der Waals surface area contributed by atoms with E-state index in [1.165, 1.54) is 0 Å². The number of aliphatic carboxylic acids is 1. The summed E-state index contributed by atoms with van der Waals surface area (Å²) in [6.07, 6.45) is 0.240. The van der Waals surface area contributed by atoms with Crippen LogP contribution in [0.4, 0.5) is 0 Å². The molecule has 0 aliphatic carbocycles. The molecule has 0 aromatic rings. The van der Waals surface area contributed by atoms with E-state index in [2.05, 4.69) is 4.89 Å². The molecule has 78 valence electrons. The molecule has 0 spiro atoms. The molecule has 0 aliphatic rings. The molecule has 0 radical (unpaired) electrons. The van der Waals surface area contributed by atoms with Gasteiger partial charge in [0.25, 0.3) is 5.97 Å². The van der Waals surface area contributed by atoms with Crippen molar-refractivity contribution in [3.63, 3.8) is 0 Å². The Morgan fingerprint density at radius 2 is 1.62 bits per heavy atom. The Hall–Kier alpha value is -1.10. The topological polar surface area (TPSA) is 83.8 Å². The number of carboxylic acids is 1. The Balaban J connectivity index is 0. The number of hydrogen-bond donors (Lipinski definition) is 2. The number of carboxylic acid groups (broad SMARTS) is 1. The van der Waals surface area contributed by atoms with Gasteiger partial charge in [0.05, 0.1) is 6.42 Å². The van der Waals surface area contributed by atoms with Crippen molar-refractivity contribution in [1.29, 1.82) is 0 Å². The molecule has 0 unspecified atom stereocenters. The average molecular weight is 192 g/mol. The number of carbonyl (C=O) groups is 2. The van der Waals surface area contributed by atoms with Crippen LogP contribution in [0, 0.1) is 5.41 Å². The predicted octanol–water partition coefficient (Wildman–Crippen LogP) is 1.53. The van der Waals surface area contributed by atoms with Crippen LogP contribution in [0.25, 0.3) is 0 Å². The van der Waals surface area contributed by atoms with Crippen LogP contribution >= 0.6 is 0 Å². The van der Waals surface area contributed by atoms with E-state index in [0.29, 0.717) is 0 Å². The molecular weight excluding hydrogens is 176 g/mol. The van der Waals surface area contributed by atoms with E-state index in [-0.39, 0.29) is 11.8 Å². The Kier molecular flexibility index (Phi) is 7.12. The fourth-order valence-corrected chi connectivity index (χ4v) is 0.465. The third-order valence-corrected chi connectivity index (χ3v) is 0.776. The number of rotatable bonds is 1. The lowest BCUT2D eigenvalue weighted by Gasteiger charge is -2.14. The summed E-state index contributed by atoms with van der Waals surface area (Å²) in [5.41, 5.74) is -0.111. The van der Waals surface area contributed by atoms with Crippen LogP contribution in [0.3, 0.4) is 0 Å². The SMILES string of the molecule is CC(=O)O.CC(C)(C)CC(=O)OO. The molecule has 0 fully saturated rings. The molecule has 13 heavy (non-hydrogen) atoms. The number of hydrogen-bond acceptors (Lipinski definition) is 4. The van der Waals surface area contributed by atoms with E-state index in [9.17, 15) is 4.79 Å². The second kappa shape index (κ2) is 6.42. The van der Waals surface area contributed by atoms with Crippen LogP contribution in [0.2, 0.25) is 0 Å². The minimum absolute atomic E-state index is 0.111. The predicted molar refractivity (Wildman–Crippen MR) is 46.1 cm³/mol. The zero-order valence-electron chi connectivity index (χ0n) is 8.33. The third-order valence-electron chi connectivity index (χ3n) is 0.776. The minimum atomic E-state index is -0.833. The second-order valence-electron chi connectivity index (χ2n) is 3.72. The van der Waals surface area contributed by atoms with Crippen LogP contribution in [-0.2, 0) is 14.5 Å². The van der Waals surface area contributed by atoms with Crippen molar-refractivity contribution in [3.05, 3.63) is 0 Å². The highest BCUT2D eigenvalue weighted by Crippen LogP contribution is 2.18. The summed E-state index contributed by atoms with van der Waals surface area (Å²) in [7, 11) is 0. The summed E-state index contributed by atoms with van der Waals surface area (Å²) >= 11 is 0. The molecule has 0 aliphatic heterocycles. The largest absolute Gasteiger partial charge is 0.481 e. The molecule has 5 heteroatoms. The fourth-order valence-electron chi connectivity index (χ4n) is 0.465. The molecule has 0 saturated carbocycles. The highest BCUT2D eigenvalue weighted by molar-refractivity contribution is 5.69. The lowest BCUT2D eigenvalue weighted by atomic mass is 9.93. The van der Waals surface area contributed by atoms with Crippen LogP contribution in [-0.4, -0.2) is 22.3 Å². The Morgan fingerprint density at radius 1 is 1.31 bits per heavy atom. The van der Waals surface area contributed by atoms with Crippen molar-refractivity contribution in [2.75, 3.05) is 0 Å². The highest BCUT2D eigenvalue weighted by atomic mass is 17.1. The highest BCUT2D eigenvalue weighted by Gasteiger charge is 2.16. The van der Waals surface area contributed by atoms with Gasteiger partial charge in [-0.25, -0.2) is 4.79 Å². The zero-order chi connectivity index (χ0) is 11.1. The molecule has 0 rings (SSSR count). The third kappa shape index (κ3) is 24.8.